The predicted octanol–water partition coefficient (Wildman–Crippen LogP) is 15.9. The Balaban J connectivity index is 1.78. The molecule has 0 aromatic heterocycles. The zero-order valence-electron chi connectivity index (χ0n) is 56.7. The summed E-state index contributed by atoms with van der Waals surface area (Å²) in [6.07, 6.45) is -0.113. The summed E-state index contributed by atoms with van der Waals surface area (Å²) in [6.45, 7) is 47.2. The van der Waals surface area contributed by atoms with E-state index in [2.05, 4.69) is 83.1 Å². The van der Waals surface area contributed by atoms with Gasteiger partial charge in [-0.05, 0) is 136 Å². The van der Waals surface area contributed by atoms with E-state index in [4.69, 9.17) is 18.9 Å². The van der Waals surface area contributed by atoms with Crippen LogP contribution in [0.2, 0.25) is 0 Å². The van der Waals surface area contributed by atoms with E-state index in [9.17, 15) is 39.6 Å². The zero-order chi connectivity index (χ0) is 65.0. The maximum Gasteiger partial charge on any atom is 0.306 e. The summed E-state index contributed by atoms with van der Waals surface area (Å²) >= 11 is 0. The summed E-state index contributed by atoms with van der Waals surface area (Å²) in [4.78, 5) is 56.5. The summed E-state index contributed by atoms with van der Waals surface area (Å²) in [5.41, 5.74) is 4.94. The molecule has 12 heteroatoms. The van der Waals surface area contributed by atoms with Gasteiger partial charge in [0.1, 0.15) is 54.8 Å². The standard InChI is InChI=1S/C73H108O12/c1-65(2,3)49-33-45(61(78)53(37-49)69(13,14)15)25-29-57(74)82-41-73(42-83-58(75)30-26-46-34-50(66(4,5)6)38-54(62(46)79)70(16,17)18,43-84-59(76)31-27-47-35-51(67(7,8)9)39-55(63(47)80)71(19,20)21)44-85-60(77)32-28-48-36-52(68(10,11)12)40-56(64(48)81)72(22,23)24/h33-40,78-81H,25-32,41-44H2,1-24H3. The molecule has 0 heterocycles. The summed E-state index contributed by atoms with van der Waals surface area (Å²) < 4.78 is 24.3. The molecule has 4 aromatic rings. The first-order valence-corrected chi connectivity index (χ1v) is 30.5. The minimum absolute atomic E-state index is 0.0997. The van der Waals surface area contributed by atoms with Crippen molar-refractivity contribution in [3.63, 3.8) is 0 Å². The van der Waals surface area contributed by atoms with Gasteiger partial charge in [0.15, 0.2) is 0 Å². The number of benzene rings is 4. The van der Waals surface area contributed by atoms with Gasteiger partial charge in [0, 0.05) is 25.7 Å². The van der Waals surface area contributed by atoms with Gasteiger partial charge in [-0.3, -0.25) is 19.2 Å². The van der Waals surface area contributed by atoms with E-state index in [0.29, 0.717) is 22.3 Å². The third kappa shape index (κ3) is 20.0. The van der Waals surface area contributed by atoms with E-state index in [0.717, 1.165) is 44.5 Å². The fraction of sp³-hybridized carbons (Fsp3) is 0.616. The van der Waals surface area contributed by atoms with Crippen LogP contribution >= 0.6 is 0 Å². The molecule has 0 spiro atoms. The van der Waals surface area contributed by atoms with Gasteiger partial charge in [0.2, 0.25) is 0 Å². The topological polar surface area (TPSA) is 186 Å². The zero-order valence-corrected chi connectivity index (χ0v) is 56.7. The van der Waals surface area contributed by atoms with Crippen molar-refractivity contribution >= 4 is 23.9 Å². The van der Waals surface area contributed by atoms with Crippen molar-refractivity contribution in [2.45, 2.75) is 261 Å². The molecule has 0 bridgehead atoms. The lowest BCUT2D eigenvalue weighted by atomic mass is 9.78. The number of aromatic hydroxyl groups is 4. The van der Waals surface area contributed by atoms with E-state index < -0.39 is 77.4 Å². The normalized spacial score (nSPS) is 13.2. The Morgan fingerprint density at radius 3 is 0.588 bits per heavy atom. The Hall–Kier alpha value is -6.04. The lowest BCUT2D eigenvalue weighted by molar-refractivity contribution is -0.170. The van der Waals surface area contributed by atoms with Gasteiger partial charge < -0.3 is 39.4 Å². The van der Waals surface area contributed by atoms with Crippen LogP contribution in [-0.2, 0) is 107 Å². The number of phenolic OH excluding ortho intramolecular Hbond substituents is 4. The summed E-state index contributed by atoms with van der Waals surface area (Å²) in [5, 5.41) is 46.4. The first-order chi connectivity index (χ1) is 38.4. The highest BCUT2D eigenvalue weighted by Gasteiger charge is 2.39. The molecule has 472 valence electrons. The van der Waals surface area contributed by atoms with Gasteiger partial charge in [-0.25, -0.2) is 0 Å². The molecule has 0 atom stereocenters. The van der Waals surface area contributed by atoms with E-state index >= 15 is 0 Å². The maximum atomic E-state index is 14.1. The minimum atomic E-state index is -1.65. The largest absolute Gasteiger partial charge is 0.507 e. The molecule has 0 amide bonds. The number of phenols is 4. The highest BCUT2D eigenvalue weighted by atomic mass is 16.6. The fourth-order valence-electron chi connectivity index (χ4n) is 9.98. The number of hydrogen-bond acceptors (Lipinski definition) is 12. The molecule has 4 N–H and O–H groups in total. The van der Waals surface area contributed by atoms with E-state index in [1.165, 1.54) is 0 Å². The molecular weight excluding hydrogens is 1070 g/mol. The Morgan fingerprint density at radius 2 is 0.447 bits per heavy atom. The van der Waals surface area contributed by atoms with Gasteiger partial charge in [-0.15, -0.1) is 0 Å². The monoisotopic (exact) mass is 1180 g/mol. The van der Waals surface area contributed by atoms with Gasteiger partial charge in [0.25, 0.3) is 0 Å². The van der Waals surface area contributed by atoms with Gasteiger partial charge >= 0.3 is 23.9 Å². The van der Waals surface area contributed by atoms with Crippen LogP contribution in [0.1, 0.15) is 259 Å². The Kier molecular flexibility index (Phi) is 22.3. The van der Waals surface area contributed by atoms with Gasteiger partial charge in [-0.1, -0.05) is 215 Å². The second-order valence-electron chi connectivity index (χ2n) is 32.3. The highest BCUT2D eigenvalue weighted by molar-refractivity contribution is 5.72. The Bertz CT molecular complexity index is 2610. The van der Waals surface area contributed by atoms with Gasteiger partial charge in [-0.2, -0.15) is 0 Å². The number of ether oxygens (including phenoxy) is 4. The first kappa shape index (κ1) is 71.4. The van der Waals surface area contributed by atoms with Crippen LogP contribution in [0.25, 0.3) is 0 Å². The Labute approximate surface area is 511 Å². The van der Waals surface area contributed by atoms with E-state index in [-0.39, 0.29) is 96.0 Å². The molecule has 85 heavy (non-hydrogen) atoms. The molecule has 0 fully saturated rings. The number of carbonyl (C=O) groups excluding carboxylic acids is 4. The summed E-state index contributed by atoms with van der Waals surface area (Å²) in [5.74, 6) is -2.26. The van der Waals surface area contributed by atoms with Crippen LogP contribution < -0.4 is 0 Å². The van der Waals surface area contributed by atoms with Crippen molar-refractivity contribution < 1.29 is 58.6 Å². The molecule has 0 aliphatic carbocycles. The molecule has 4 aromatic carbocycles. The van der Waals surface area contributed by atoms with E-state index in [1.807, 2.05) is 132 Å². The average Bonchev–Trinajstić information content (AvgIpc) is 3.16. The lowest BCUT2D eigenvalue weighted by Gasteiger charge is -2.32. The second kappa shape index (κ2) is 26.5. The molecule has 0 radical (unpaired) electrons. The third-order valence-corrected chi connectivity index (χ3v) is 16.0. The third-order valence-electron chi connectivity index (χ3n) is 16.0. The minimum Gasteiger partial charge on any atom is -0.507 e. The molecule has 0 aliphatic rings. The smallest absolute Gasteiger partial charge is 0.306 e. The van der Waals surface area contributed by atoms with Crippen LogP contribution in [-0.4, -0.2) is 70.7 Å². The Morgan fingerprint density at radius 1 is 0.282 bits per heavy atom. The van der Waals surface area contributed by atoms with Crippen molar-refractivity contribution in [2.24, 2.45) is 5.41 Å². The van der Waals surface area contributed by atoms with Gasteiger partial charge in [0.05, 0.1) is 0 Å². The van der Waals surface area contributed by atoms with Crippen LogP contribution in [0.5, 0.6) is 23.0 Å². The molecule has 0 saturated carbocycles. The molecule has 4 rings (SSSR count). The number of aryl methyl sites for hydroxylation is 4. The number of hydrogen-bond donors (Lipinski definition) is 4. The van der Waals surface area contributed by atoms with Crippen LogP contribution in [0.4, 0.5) is 0 Å². The second-order valence-corrected chi connectivity index (χ2v) is 32.3. The number of esters is 4. The van der Waals surface area contributed by atoms with Crippen molar-refractivity contribution in [3.05, 3.63) is 115 Å². The van der Waals surface area contributed by atoms with Crippen molar-refractivity contribution in [1.29, 1.82) is 0 Å². The molecule has 0 unspecified atom stereocenters. The summed E-state index contributed by atoms with van der Waals surface area (Å²) in [6, 6.07) is 15.7. The fourth-order valence-corrected chi connectivity index (χ4v) is 9.98. The lowest BCUT2D eigenvalue weighted by Crippen LogP contribution is -2.44. The average molecular weight is 1180 g/mol. The summed E-state index contributed by atoms with van der Waals surface area (Å²) in [7, 11) is 0. The maximum absolute atomic E-state index is 14.1. The van der Waals surface area contributed by atoms with Crippen molar-refractivity contribution in [2.75, 3.05) is 26.4 Å². The van der Waals surface area contributed by atoms with Crippen molar-refractivity contribution in [3.8, 4) is 23.0 Å². The van der Waals surface area contributed by atoms with E-state index in [1.54, 1.807) is 0 Å². The highest BCUT2D eigenvalue weighted by Crippen LogP contribution is 2.43. The SMILES string of the molecule is CC(C)(C)c1cc(CCC(=O)OCC(COC(=O)CCc2cc(C(C)(C)C)cc(C(C)(C)C)c2O)(COC(=O)CCc2cc(C(C)(C)C)cc(C(C)(C)C)c2O)COC(=O)CCc2cc(C(C)(C)C)cc(C(C)(C)C)c2O)c(O)c(C(C)(C)C)c1. The van der Waals surface area contributed by atoms with Crippen molar-refractivity contribution in [1.82, 2.24) is 0 Å². The van der Waals surface area contributed by atoms with Crippen LogP contribution in [0.15, 0.2) is 48.5 Å². The van der Waals surface area contributed by atoms with Crippen LogP contribution in [0, 0.1) is 5.41 Å². The molecule has 12 nitrogen and oxygen atoms in total. The quantitative estimate of drug-likeness (QED) is 0.0485. The predicted molar refractivity (Wildman–Crippen MR) is 342 cm³/mol. The number of rotatable bonds is 20. The number of carbonyl (C=O) groups is 4. The van der Waals surface area contributed by atoms with Crippen LogP contribution in [0.3, 0.4) is 0 Å². The molecular formula is C73H108O12. The molecule has 0 saturated heterocycles. The first-order valence-electron chi connectivity index (χ1n) is 30.5. The molecule has 0 aliphatic heterocycles.